The van der Waals surface area contributed by atoms with Gasteiger partial charge in [0, 0.05) is 20.2 Å². The van der Waals surface area contributed by atoms with Gasteiger partial charge in [-0.1, -0.05) is 6.92 Å². The molecule has 1 amide bonds. The molecule has 0 radical (unpaired) electrons. The highest BCUT2D eigenvalue weighted by Gasteiger charge is 2.53. The second kappa shape index (κ2) is 5.77. The Bertz CT molecular complexity index is 354. The largest absolute Gasteiger partial charge is 0.481 e. The van der Waals surface area contributed by atoms with Gasteiger partial charge in [-0.05, 0) is 6.42 Å². The lowest BCUT2D eigenvalue weighted by Gasteiger charge is -2.22. The molecule has 5 nitrogen and oxygen atoms in total. The SMILES string of the molecule is CCC(OC)C(=O)N1C[C@@H](C(F)(F)F)[C@H](C(=O)O)C1. The van der Waals surface area contributed by atoms with Crippen LogP contribution in [-0.2, 0) is 14.3 Å². The van der Waals surface area contributed by atoms with Gasteiger partial charge in [-0.3, -0.25) is 9.59 Å². The number of hydrogen-bond donors (Lipinski definition) is 1. The fourth-order valence-electron chi connectivity index (χ4n) is 2.21. The van der Waals surface area contributed by atoms with Gasteiger partial charge in [0.1, 0.15) is 6.10 Å². The number of carboxylic acids is 1. The van der Waals surface area contributed by atoms with Crippen LogP contribution in [0.3, 0.4) is 0 Å². The molecule has 110 valence electrons. The highest BCUT2D eigenvalue weighted by atomic mass is 19.4. The van der Waals surface area contributed by atoms with Crippen LogP contribution >= 0.6 is 0 Å². The number of rotatable bonds is 4. The molecule has 8 heteroatoms. The molecule has 19 heavy (non-hydrogen) atoms. The summed E-state index contributed by atoms with van der Waals surface area (Å²) in [6.07, 6.45) is -5.14. The molecule has 0 spiro atoms. The molecule has 0 aromatic rings. The van der Waals surface area contributed by atoms with E-state index in [9.17, 15) is 22.8 Å². The fourth-order valence-corrected chi connectivity index (χ4v) is 2.21. The number of carbonyl (C=O) groups excluding carboxylic acids is 1. The quantitative estimate of drug-likeness (QED) is 0.840. The Hall–Kier alpha value is -1.31. The second-order valence-corrected chi connectivity index (χ2v) is 4.47. The van der Waals surface area contributed by atoms with E-state index in [1.807, 2.05) is 0 Å². The van der Waals surface area contributed by atoms with E-state index in [0.29, 0.717) is 6.42 Å². The van der Waals surface area contributed by atoms with E-state index in [1.165, 1.54) is 7.11 Å². The molecule has 1 aliphatic rings. The van der Waals surface area contributed by atoms with E-state index in [0.717, 1.165) is 4.90 Å². The zero-order valence-corrected chi connectivity index (χ0v) is 10.6. The summed E-state index contributed by atoms with van der Waals surface area (Å²) in [5.74, 6) is -5.77. The summed E-state index contributed by atoms with van der Waals surface area (Å²) >= 11 is 0. The van der Waals surface area contributed by atoms with Crippen molar-refractivity contribution in [2.24, 2.45) is 11.8 Å². The number of methoxy groups -OCH3 is 1. The van der Waals surface area contributed by atoms with Crippen LogP contribution in [0.25, 0.3) is 0 Å². The number of alkyl halides is 3. The molecule has 0 aromatic carbocycles. The Morgan fingerprint density at radius 2 is 2.00 bits per heavy atom. The maximum Gasteiger partial charge on any atom is 0.394 e. The van der Waals surface area contributed by atoms with Crippen molar-refractivity contribution in [2.75, 3.05) is 20.2 Å². The molecule has 1 aliphatic heterocycles. The van der Waals surface area contributed by atoms with Gasteiger partial charge in [-0.25, -0.2) is 0 Å². The number of carboxylic acid groups (broad SMARTS) is 1. The monoisotopic (exact) mass is 283 g/mol. The minimum atomic E-state index is -4.63. The van der Waals surface area contributed by atoms with Gasteiger partial charge >= 0.3 is 12.1 Å². The Morgan fingerprint density at radius 1 is 1.42 bits per heavy atom. The normalized spacial score (nSPS) is 25.4. The van der Waals surface area contributed by atoms with Gasteiger partial charge in [0.25, 0.3) is 5.91 Å². The molecule has 0 bridgehead atoms. The van der Waals surface area contributed by atoms with Crippen molar-refractivity contribution in [3.63, 3.8) is 0 Å². The average molecular weight is 283 g/mol. The molecule has 0 aromatic heterocycles. The van der Waals surface area contributed by atoms with Gasteiger partial charge in [0.05, 0.1) is 11.8 Å². The molecule has 1 N–H and O–H groups in total. The first kappa shape index (κ1) is 15.7. The lowest BCUT2D eigenvalue weighted by molar-refractivity contribution is -0.188. The second-order valence-electron chi connectivity index (χ2n) is 4.47. The van der Waals surface area contributed by atoms with Crippen molar-refractivity contribution in [1.29, 1.82) is 0 Å². The van der Waals surface area contributed by atoms with E-state index in [-0.39, 0.29) is 0 Å². The Kier molecular flexibility index (Phi) is 4.78. The third-order valence-electron chi connectivity index (χ3n) is 3.30. The Morgan fingerprint density at radius 3 is 2.32 bits per heavy atom. The standard InChI is InChI=1S/C11H16F3NO4/c1-3-8(19-2)9(16)15-4-6(10(17)18)7(5-15)11(12,13)14/h6-8H,3-5H2,1-2H3,(H,17,18)/t6-,7-,8?/m1/s1. The Labute approximate surface area is 108 Å². The summed E-state index contributed by atoms with van der Waals surface area (Å²) in [4.78, 5) is 23.7. The topological polar surface area (TPSA) is 66.8 Å². The third-order valence-corrected chi connectivity index (χ3v) is 3.30. The van der Waals surface area contributed by atoms with Crippen molar-refractivity contribution in [3.05, 3.63) is 0 Å². The predicted molar refractivity (Wildman–Crippen MR) is 58.3 cm³/mol. The molecular weight excluding hydrogens is 267 g/mol. The van der Waals surface area contributed by atoms with E-state index < -0.39 is 49.1 Å². The van der Waals surface area contributed by atoms with Crippen molar-refractivity contribution >= 4 is 11.9 Å². The van der Waals surface area contributed by atoms with Gasteiger partial charge in [-0.2, -0.15) is 13.2 Å². The van der Waals surface area contributed by atoms with E-state index in [2.05, 4.69) is 0 Å². The lowest BCUT2D eigenvalue weighted by Crippen LogP contribution is -2.39. The molecule has 1 rings (SSSR count). The summed E-state index contributed by atoms with van der Waals surface area (Å²) in [5.41, 5.74) is 0. The average Bonchev–Trinajstić information content (AvgIpc) is 2.74. The van der Waals surface area contributed by atoms with Gasteiger partial charge in [-0.15, -0.1) is 0 Å². The summed E-state index contributed by atoms with van der Waals surface area (Å²) in [7, 11) is 1.29. The first-order valence-corrected chi connectivity index (χ1v) is 5.83. The molecule has 0 saturated carbocycles. The molecule has 1 fully saturated rings. The van der Waals surface area contributed by atoms with Gasteiger partial charge in [0.15, 0.2) is 0 Å². The maximum absolute atomic E-state index is 12.7. The summed E-state index contributed by atoms with van der Waals surface area (Å²) in [6.45, 7) is 0.607. The van der Waals surface area contributed by atoms with Crippen molar-refractivity contribution in [2.45, 2.75) is 25.6 Å². The maximum atomic E-state index is 12.7. The van der Waals surface area contributed by atoms with Crippen LogP contribution in [0.15, 0.2) is 0 Å². The minimum Gasteiger partial charge on any atom is -0.481 e. The number of carbonyl (C=O) groups is 2. The van der Waals surface area contributed by atoms with Crippen LogP contribution in [0.5, 0.6) is 0 Å². The zero-order valence-electron chi connectivity index (χ0n) is 10.6. The summed E-state index contributed by atoms with van der Waals surface area (Å²) < 4.78 is 43.1. The molecule has 1 heterocycles. The number of ether oxygens (including phenoxy) is 1. The highest BCUT2D eigenvalue weighted by molar-refractivity contribution is 5.82. The molecule has 1 unspecified atom stereocenters. The van der Waals surface area contributed by atoms with Crippen LogP contribution in [0, 0.1) is 11.8 Å². The summed E-state index contributed by atoms with van der Waals surface area (Å²) in [5, 5.41) is 8.83. The molecule has 0 aliphatic carbocycles. The van der Waals surface area contributed by atoms with E-state index in [1.54, 1.807) is 6.92 Å². The molecule has 3 atom stereocenters. The smallest absolute Gasteiger partial charge is 0.394 e. The lowest BCUT2D eigenvalue weighted by atomic mass is 9.96. The van der Waals surface area contributed by atoms with E-state index >= 15 is 0 Å². The predicted octanol–water partition coefficient (Wildman–Crippen LogP) is 1.13. The van der Waals surface area contributed by atoms with E-state index in [4.69, 9.17) is 9.84 Å². The van der Waals surface area contributed by atoms with Crippen molar-refractivity contribution < 1.29 is 32.6 Å². The number of likely N-dealkylation sites (tertiary alicyclic amines) is 1. The van der Waals surface area contributed by atoms with Gasteiger partial charge < -0.3 is 14.7 Å². The van der Waals surface area contributed by atoms with Crippen molar-refractivity contribution in [3.8, 4) is 0 Å². The first-order chi connectivity index (χ1) is 8.72. The highest BCUT2D eigenvalue weighted by Crippen LogP contribution is 2.38. The van der Waals surface area contributed by atoms with Crippen molar-refractivity contribution in [1.82, 2.24) is 4.90 Å². The molecular formula is C11H16F3NO4. The Balaban J connectivity index is 2.86. The van der Waals surface area contributed by atoms with Crippen LogP contribution in [0.1, 0.15) is 13.3 Å². The number of amides is 1. The van der Waals surface area contributed by atoms with Crippen LogP contribution in [-0.4, -0.2) is 54.4 Å². The van der Waals surface area contributed by atoms with Crippen LogP contribution in [0.4, 0.5) is 13.2 Å². The third kappa shape index (κ3) is 3.37. The van der Waals surface area contributed by atoms with Crippen LogP contribution < -0.4 is 0 Å². The number of hydrogen-bond acceptors (Lipinski definition) is 3. The molecule has 1 saturated heterocycles. The minimum absolute atomic E-state index is 0.320. The first-order valence-electron chi connectivity index (χ1n) is 5.83. The summed E-state index contributed by atoms with van der Waals surface area (Å²) in [6, 6.07) is 0. The fraction of sp³-hybridized carbons (Fsp3) is 0.818. The van der Waals surface area contributed by atoms with Gasteiger partial charge in [0.2, 0.25) is 0 Å². The zero-order chi connectivity index (χ0) is 14.8. The number of aliphatic carboxylic acids is 1. The van der Waals surface area contributed by atoms with Crippen LogP contribution in [0.2, 0.25) is 0 Å². The number of halogens is 3. The number of nitrogens with zero attached hydrogens (tertiary/aromatic N) is 1.